The predicted octanol–water partition coefficient (Wildman–Crippen LogP) is 0.325. The fraction of sp³-hybridized carbons (Fsp3) is 1.00. The van der Waals surface area contributed by atoms with Crippen LogP contribution in [0.25, 0.3) is 0 Å². The van der Waals surface area contributed by atoms with E-state index < -0.39 is 0 Å². The SMILES string of the molecule is CC(C)C[O-].C[N+](C)(C)C. The summed E-state index contributed by atoms with van der Waals surface area (Å²) in [5.74, 6) is 0.329. The van der Waals surface area contributed by atoms with Gasteiger partial charge in [-0.25, -0.2) is 0 Å². The molecule has 0 saturated heterocycles. The maximum absolute atomic E-state index is 9.63. The molecule has 0 aromatic rings. The van der Waals surface area contributed by atoms with E-state index in [9.17, 15) is 5.11 Å². The Hall–Kier alpha value is -0.0800. The highest BCUT2D eigenvalue weighted by molar-refractivity contribution is 4.30. The first-order chi connectivity index (χ1) is 4.27. The van der Waals surface area contributed by atoms with Crippen LogP contribution in [0.3, 0.4) is 0 Å². The van der Waals surface area contributed by atoms with Crippen LogP contribution in [0.15, 0.2) is 0 Å². The van der Waals surface area contributed by atoms with Crippen LogP contribution in [0.4, 0.5) is 0 Å². The van der Waals surface area contributed by atoms with E-state index in [1.165, 1.54) is 0 Å². The molecule has 0 heterocycles. The molecule has 0 bridgehead atoms. The summed E-state index contributed by atoms with van der Waals surface area (Å²) >= 11 is 0. The fourth-order valence-electron chi connectivity index (χ4n) is 0. The van der Waals surface area contributed by atoms with Gasteiger partial charge in [-0.2, -0.15) is 0 Å². The maximum atomic E-state index is 9.63. The molecule has 10 heavy (non-hydrogen) atoms. The number of hydrogen-bond acceptors (Lipinski definition) is 1. The zero-order valence-corrected chi connectivity index (χ0v) is 8.14. The minimum Gasteiger partial charge on any atom is -0.854 e. The van der Waals surface area contributed by atoms with Crippen molar-refractivity contribution in [2.75, 3.05) is 34.8 Å². The molecule has 0 N–H and O–H groups in total. The van der Waals surface area contributed by atoms with Gasteiger partial charge in [0.05, 0.1) is 28.2 Å². The van der Waals surface area contributed by atoms with Crippen molar-refractivity contribution in [3.8, 4) is 0 Å². The Bertz CT molecular complexity index is 58.1. The lowest BCUT2D eigenvalue weighted by molar-refractivity contribution is -0.849. The van der Waals surface area contributed by atoms with Crippen molar-refractivity contribution in [3.63, 3.8) is 0 Å². The van der Waals surface area contributed by atoms with Gasteiger partial charge in [-0.3, -0.25) is 0 Å². The number of rotatable bonds is 1. The van der Waals surface area contributed by atoms with Crippen LogP contribution in [0.5, 0.6) is 0 Å². The molecular formula is C8H21NO. The van der Waals surface area contributed by atoms with Crippen LogP contribution in [-0.4, -0.2) is 39.3 Å². The van der Waals surface area contributed by atoms with Gasteiger partial charge in [-0.15, -0.1) is 6.61 Å². The number of hydrogen-bond donors (Lipinski definition) is 0. The summed E-state index contributed by atoms with van der Waals surface area (Å²) in [6, 6.07) is 0. The Morgan fingerprint density at radius 3 is 1.20 bits per heavy atom. The lowest BCUT2D eigenvalue weighted by Gasteiger charge is -2.14. The molecule has 0 fully saturated rings. The first-order valence-electron chi connectivity index (χ1n) is 3.64. The van der Waals surface area contributed by atoms with Crippen molar-refractivity contribution in [3.05, 3.63) is 0 Å². The van der Waals surface area contributed by atoms with Crippen molar-refractivity contribution in [1.82, 2.24) is 0 Å². The summed E-state index contributed by atoms with van der Waals surface area (Å²) in [4.78, 5) is 0. The van der Waals surface area contributed by atoms with Gasteiger partial charge in [0.15, 0.2) is 0 Å². The van der Waals surface area contributed by atoms with Crippen LogP contribution < -0.4 is 5.11 Å². The van der Waals surface area contributed by atoms with Gasteiger partial charge < -0.3 is 9.59 Å². The summed E-state index contributed by atoms with van der Waals surface area (Å²) in [7, 11) is 8.50. The lowest BCUT2D eigenvalue weighted by atomic mass is 10.2. The number of nitrogens with zero attached hydrogens (tertiary/aromatic N) is 1. The molecule has 2 heteroatoms. The average molecular weight is 147 g/mol. The molecule has 0 aliphatic rings. The summed E-state index contributed by atoms with van der Waals surface area (Å²) in [5.41, 5.74) is 0. The summed E-state index contributed by atoms with van der Waals surface area (Å²) in [6.07, 6.45) is 0. The summed E-state index contributed by atoms with van der Waals surface area (Å²) in [5, 5.41) is 9.63. The van der Waals surface area contributed by atoms with Gasteiger partial charge in [0.2, 0.25) is 0 Å². The molecule has 0 amide bonds. The minimum absolute atomic E-state index is 0.0556. The lowest BCUT2D eigenvalue weighted by Crippen LogP contribution is -2.27. The monoisotopic (exact) mass is 147 g/mol. The minimum atomic E-state index is 0.0556. The van der Waals surface area contributed by atoms with Crippen LogP contribution in [-0.2, 0) is 0 Å². The van der Waals surface area contributed by atoms with Crippen molar-refractivity contribution in [1.29, 1.82) is 0 Å². The van der Waals surface area contributed by atoms with Gasteiger partial charge in [0.1, 0.15) is 0 Å². The van der Waals surface area contributed by atoms with Gasteiger partial charge in [0.25, 0.3) is 0 Å². The summed E-state index contributed by atoms with van der Waals surface area (Å²) in [6.45, 7) is 3.88. The molecule has 0 atom stereocenters. The third-order valence-electron chi connectivity index (χ3n) is 0.333. The van der Waals surface area contributed by atoms with Crippen LogP contribution in [0.1, 0.15) is 13.8 Å². The largest absolute Gasteiger partial charge is 0.854 e. The molecule has 0 radical (unpaired) electrons. The van der Waals surface area contributed by atoms with Gasteiger partial charge in [0, 0.05) is 0 Å². The van der Waals surface area contributed by atoms with Crippen molar-refractivity contribution in [2.45, 2.75) is 13.8 Å². The molecule has 0 saturated carbocycles. The third-order valence-corrected chi connectivity index (χ3v) is 0.333. The average Bonchev–Trinajstić information content (AvgIpc) is 1.61. The third kappa shape index (κ3) is 103. The van der Waals surface area contributed by atoms with E-state index >= 15 is 0 Å². The van der Waals surface area contributed by atoms with Crippen LogP contribution in [0.2, 0.25) is 0 Å². The molecule has 0 aliphatic carbocycles. The first-order valence-corrected chi connectivity index (χ1v) is 3.64. The molecule has 0 aromatic heterocycles. The van der Waals surface area contributed by atoms with E-state index in [1.54, 1.807) is 0 Å². The van der Waals surface area contributed by atoms with E-state index in [1.807, 2.05) is 13.8 Å². The zero-order valence-electron chi connectivity index (χ0n) is 8.14. The molecule has 0 unspecified atom stereocenters. The maximum Gasteiger partial charge on any atom is 0.0675 e. The fourth-order valence-corrected chi connectivity index (χ4v) is 0. The van der Waals surface area contributed by atoms with Crippen molar-refractivity contribution in [2.24, 2.45) is 5.92 Å². The van der Waals surface area contributed by atoms with Gasteiger partial charge in [-0.05, 0) is 0 Å². The Kier molecular flexibility index (Phi) is 7.15. The Morgan fingerprint density at radius 2 is 1.20 bits per heavy atom. The molecule has 2 nitrogen and oxygen atoms in total. The second-order valence-electron chi connectivity index (χ2n) is 4.24. The molecule has 0 spiro atoms. The first kappa shape index (κ1) is 12.6. The van der Waals surface area contributed by atoms with E-state index in [0.717, 1.165) is 4.48 Å². The Balaban J connectivity index is 0. The van der Waals surface area contributed by atoms with E-state index in [0.29, 0.717) is 5.92 Å². The second kappa shape index (κ2) is 5.69. The number of quaternary nitrogens is 1. The van der Waals surface area contributed by atoms with Gasteiger partial charge >= 0.3 is 0 Å². The highest BCUT2D eigenvalue weighted by Gasteiger charge is 1.88. The van der Waals surface area contributed by atoms with E-state index in [4.69, 9.17) is 0 Å². The molecule has 0 rings (SSSR count). The van der Waals surface area contributed by atoms with Crippen LogP contribution in [0, 0.1) is 5.92 Å². The van der Waals surface area contributed by atoms with Crippen molar-refractivity contribution < 1.29 is 9.59 Å². The topological polar surface area (TPSA) is 23.1 Å². The highest BCUT2D eigenvalue weighted by Crippen LogP contribution is 1.80. The molecule has 0 aliphatic heterocycles. The Morgan fingerprint density at radius 1 is 1.10 bits per heavy atom. The zero-order chi connectivity index (χ0) is 8.78. The van der Waals surface area contributed by atoms with E-state index in [-0.39, 0.29) is 6.61 Å². The second-order valence-corrected chi connectivity index (χ2v) is 4.24. The molecule has 64 valence electrons. The Labute approximate surface area is 65.1 Å². The van der Waals surface area contributed by atoms with E-state index in [2.05, 4.69) is 28.2 Å². The molecular weight excluding hydrogens is 126 g/mol. The summed E-state index contributed by atoms with van der Waals surface area (Å²) < 4.78 is 1.00. The molecule has 0 aromatic carbocycles. The predicted molar refractivity (Wildman–Crippen MR) is 43.7 cm³/mol. The normalized spacial score (nSPS) is 10.8. The van der Waals surface area contributed by atoms with Crippen molar-refractivity contribution >= 4 is 0 Å². The van der Waals surface area contributed by atoms with Crippen LogP contribution >= 0.6 is 0 Å². The van der Waals surface area contributed by atoms with Gasteiger partial charge in [-0.1, -0.05) is 19.8 Å². The highest BCUT2D eigenvalue weighted by atomic mass is 16.3. The standard InChI is InChI=1S/C4H12N.C4H9O/c1-5(2,3)4;1-4(2)3-5/h1-4H3;4H,3H2,1-2H3/q+1;-1. The smallest absolute Gasteiger partial charge is 0.0675 e. The quantitative estimate of drug-likeness (QED) is 0.490.